The summed E-state index contributed by atoms with van der Waals surface area (Å²) in [5.41, 5.74) is 8.60. The van der Waals surface area contributed by atoms with E-state index in [4.69, 9.17) is 5.73 Å². The van der Waals surface area contributed by atoms with Crippen LogP contribution in [0.2, 0.25) is 0 Å². The van der Waals surface area contributed by atoms with Crippen molar-refractivity contribution in [3.63, 3.8) is 0 Å². The van der Waals surface area contributed by atoms with Gasteiger partial charge < -0.3 is 10.3 Å². The summed E-state index contributed by atoms with van der Waals surface area (Å²) in [6.45, 7) is 4.26. The van der Waals surface area contributed by atoms with Crippen molar-refractivity contribution in [3.8, 4) is 10.7 Å². The first-order valence-electron chi connectivity index (χ1n) is 5.84. The first-order valence-corrected chi connectivity index (χ1v) is 6.72. The molecule has 0 aliphatic rings. The predicted octanol–water partition coefficient (Wildman–Crippen LogP) is 3.32. The zero-order valence-electron chi connectivity index (χ0n) is 10.3. The van der Waals surface area contributed by atoms with Gasteiger partial charge in [-0.05, 0) is 37.4 Å². The van der Waals surface area contributed by atoms with Crippen LogP contribution in [-0.2, 0) is 0 Å². The molecule has 2 N–H and O–H groups in total. The highest BCUT2D eigenvalue weighted by atomic mass is 32.1. The molecule has 18 heavy (non-hydrogen) atoms. The molecule has 4 nitrogen and oxygen atoms in total. The minimum Gasteiger partial charge on any atom is -0.397 e. The Bertz CT molecular complexity index is 696. The number of hydrogen-bond acceptors (Lipinski definition) is 4. The van der Waals surface area contributed by atoms with Crippen molar-refractivity contribution in [1.29, 1.82) is 0 Å². The van der Waals surface area contributed by atoms with Crippen molar-refractivity contribution < 1.29 is 0 Å². The van der Waals surface area contributed by atoms with Crippen LogP contribution in [0.25, 0.3) is 21.9 Å². The number of aromatic nitrogens is 3. The molecule has 0 aliphatic carbocycles. The number of pyridine rings is 1. The van der Waals surface area contributed by atoms with E-state index in [1.54, 1.807) is 17.5 Å². The number of anilines is 1. The number of imidazole rings is 1. The number of fused-ring (bicyclic) bond motifs is 1. The molecule has 0 unspecified atom stereocenters. The van der Waals surface area contributed by atoms with Crippen LogP contribution in [0.5, 0.6) is 0 Å². The smallest absolute Gasteiger partial charge is 0.160 e. The molecule has 0 atom stereocenters. The van der Waals surface area contributed by atoms with Gasteiger partial charge in [-0.3, -0.25) is 0 Å². The van der Waals surface area contributed by atoms with Gasteiger partial charge in [0.05, 0.1) is 10.6 Å². The third-order valence-corrected chi connectivity index (χ3v) is 3.79. The van der Waals surface area contributed by atoms with Crippen LogP contribution in [0.4, 0.5) is 5.69 Å². The zero-order valence-corrected chi connectivity index (χ0v) is 11.1. The maximum absolute atomic E-state index is 6.00. The summed E-state index contributed by atoms with van der Waals surface area (Å²) in [5, 5.41) is 1.99. The molecule has 0 saturated heterocycles. The molecule has 92 valence electrons. The highest BCUT2D eigenvalue weighted by Gasteiger charge is 2.18. The van der Waals surface area contributed by atoms with Crippen molar-refractivity contribution >= 4 is 28.2 Å². The van der Waals surface area contributed by atoms with Crippen LogP contribution in [-0.4, -0.2) is 14.5 Å². The SMILES string of the molecule is CC(C)n1c(-c2sccc2N)nc2cccnc21. The summed E-state index contributed by atoms with van der Waals surface area (Å²) < 4.78 is 2.14. The second-order valence-electron chi connectivity index (χ2n) is 4.45. The lowest BCUT2D eigenvalue weighted by molar-refractivity contribution is 0.620. The monoisotopic (exact) mass is 258 g/mol. The van der Waals surface area contributed by atoms with E-state index in [0.29, 0.717) is 6.04 Å². The van der Waals surface area contributed by atoms with Crippen molar-refractivity contribution in [2.45, 2.75) is 19.9 Å². The van der Waals surface area contributed by atoms with E-state index in [0.717, 1.165) is 27.6 Å². The van der Waals surface area contributed by atoms with Gasteiger partial charge in [0.25, 0.3) is 0 Å². The van der Waals surface area contributed by atoms with E-state index in [2.05, 4.69) is 28.4 Å². The number of thiophene rings is 1. The molecule has 3 heterocycles. The normalized spacial score (nSPS) is 11.5. The van der Waals surface area contributed by atoms with Crippen molar-refractivity contribution in [1.82, 2.24) is 14.5 Å². The lowest BCUT2D eigenvalue weighted by Crippen LogP contribution is -2.04. The molecule has 0 saturated carbocycles. The molecule has 0 fully saturated rings. The fraction of sp³-hybridized carbons (Fsp3) is 0.231. The summed E-state index contributed by atoms with van der Waals surface area (Å²) in [7, 11) is 0. The summed E-state index contributed by atoms with van der Waals surface area (Å²) >= 11 is 1.61. The number of hydrogen-bond donors (Lipinski definition) is 1. The highest BCUT2D eigenvalue weighted by molar-refractivity contribution is 7.14. The third-order valence-electron chi connectivity index (χ3n) is 2.86. The number of rotatable bonds is 2. The van der Waals surface area contributed by atoms with Gasteiger partial charge in [0.1, 0.15) is 5.52 Å². The molecular formula is C13H14N4S. The highest BCUT2D eigenvalue weighted by Crippen LogP contribution is 2.34. The van der Waals surface area contributed by atoms with E-state index in [1.165, 1.54) is 0 Å². The number of nitrogens with zero attached hydrogens (tertiary/aromatic N) is 3. The average molecular weight is 258 g/mol. The van der Waals surface area contributed by atoms with Crippen LogP contribution in [0.1, 0.15) is 19.9 Å². The van der Waals surface area contributed by atoms with E-state index in [9.17, 15) is 0 Å². The van der Waals surface area contributed by atoms with Crippen molar-refractivity contribution in [2.24, 2.45) is 0 Å². The van der Waals surface area contributed by atoms with E-state index < -0.39 is 0 Å². The number of nitrogen functional groups attached to an aromatic ring is 1. The summed E-state index contributed by atoms with van der Waals surface area (Å²) in [4.78, 5) is 10.1. The molecule has 0 spiro atoms. The van der Waals surface area contributed by atoms with Gasteiger partial charge in [-0.2, -0.15) is 0 Å². The van der Waals surface area contributed by atoms with Gasteiger partial charge in [-0.1, -0.05) is 0 Å². The predicted molar refractivity (Wildman–Crippen MR) is 75.6 cm³/mol. The first kappa shape index (κ1) is 11.2. The number of nitrogens with two attached hydrogens (primary N) is 1. The van der Waals surface area contributed by atoms with Gasteiger partial charge in [0, 0.05) is 12.2 Å². The van der Waals surface area contributed by atoms with Crippen molar-refractivity contribution in [3.05, 3.63) is 29.8 Å². The summed E-state index contributed by atoms with van der Waals surface area (Å²) in [6.07, 6.45) is 1.80. The minimum absolute atomic E-state index is 0.293. The van der Waals surface area contributed by atoms with Crippen LogP contribution in [0.15, 0.2) is 29.8 Å². The van der Waals surface area contributed by atoms with E-state index >= 15 is 0 Å². The summed E-state index contributed by atoms with van der Waals surface area (Å²) in [5.74, 6) is 0.909. The molecule has 5 heteroatoms. The Kier molecular flexibility index (Phi) is 2.56. The Balaban J connectivity index is 2.35. The Morgan fingerprint density at radius 3 is 2.83 bits per heavy atom. The molecule has 0 aromatic carbocycles. The molecule has 3 aromatic rings. The van der Waals surface area contributed by atoms with Gasteiger partial charge in [0.15, 0.2) is 11.5 Å². The van der Waals surface area contributed by atoms with Gasteiger partial charge in [-0.15, -0.1) is 11.3 Å². The van der Waals surface area contributed by atoms with Crippen LogP contribution >= 0.6 is 11.3 Å². The molecule has 3 rings (SSSR count). The van der Waals surface area contributed by atoms with Crippen LogP contribution in [0.3, 0.4) is 0 Å². The average Bonchev–Trinajstić information content (AvgIpc) is 2.91. The van der Waals surface area contributed by atoms with Crippen LogP contribution in [0, 0.1) is 0 Å². The largest absolute Gasteiger partial charge is 0.397 e. The Hall–Kier alpha value is -1.88. The van der Waals surface area contributed by atoms with Crippen LogP contribution < -0.4 is 5.73 Å². The second kappa shape index (κ2) is 4.10. The minimum atomic E-state index is 0.293. The molecule has 0 radical (unpaired) electrons. The summed E-state index contributed by atoms with van der Waals surface area (Å²) in [6, 6.07) is 6.09. The van der Waals surface area contributed by atoms with Crippen molar-refractivity contribution in [2.75, 3.05) is 5.73 Å². The van der Waals surface area contributed by atoms with E-state index in [-0.39, 0.29) is 0 Å². The Morgan fingerprint density at radius 2 is 2.17 bits per heavy atom. The Labute approximate surface area is 109 Å². The topological polar surface area (TPSA) is 56.7 Å². The standard InChI is InChI=1S/C13H14N4S/c1-8(2)17-12-10(4-3-6-15-12)16-13(17)11-9(14)5-7-18-11/h3-8H,14H2,1-2H3. The lowest BCUT2D eigenvalue weighted by Gasteiger charge is -2.11. The fourth-order valence-corrected chi connectivity index (χ4v) is 2.88. The molecule has 3 aromatic heterocycles. The van der Waals surface area contributed by atoms with Gasteiger partial charge in [-0.25, -0.2) is 9.97 Å². The molecular weight excluding hydrogens is 244 g/mol. The fourth-order valence-electron chi connectivity index (χ4n) is 2.08. The van der Waals surface area contributed by atoms with Gasteiger partial charge >= 0.3 is 0 Å². The maximum Gasteiger partial charge on any atom is 0.160 e. The molecule has 0 amide bonds. The third kappa shape index (κ3) is 1.59. The maximum atomic E-state index is 6.00. The first-order chi connectivity index (χ1) is 8.68. The second-order valence-corrected chi connectivity index (χ2v) is 5.37. The Morgan fingerprint density at radius 1 is 1.33 bits per heavy atom. The quantitative estimate of drug-likeness (QED) is 0.767. The lowest BCUT2D eigenvalue weighted by atomic mass is 10.3. The van der Waals surface area contributed by atoms with E-state index in [1.807, 2.05) is 23.6 Å². The van der Waals surface area contributed by atoms with Gasteiger partial charge in [0.2, 0.25) is 0 Å². The zero-order chi connectivity index (χ0) is 12.7. The molecule has 0 bridgehead atoms. The molecule has 0 aliphatic heterocycles.